The van der Waals surface area contributed by atoms with Crippen LogP contribution in [0.2, 0.25) is 0 Å². The molecule has 0 saturated carbocycles. The van der Waals surface area contributed by atoms with Crippen LogP contribution in [0.3, 0.4) is 0 Å². The predicted molar refractivity (Wildman–Crippen MR) is 81.4 cm³/mol. The molecule has 1 fully saturated rings. The standard InChI is InChI=1S/C13H20N4O4S/c1-14-22(20,21)7-6-15-13(19)11-8-10(16-17-11)9-4-2-3-5-12(9)18/h2-5,10-11,14,16-18H,6-8H2,1H3,(H,15,19). The number of carbonyl (C=O) groups is 1. The van der Waals surface area contributed by atoms with Crippen molar-refractivity contribution in [2.45, 2.75) is 18.5 Å². The molecule has 8 nitrogen and oxygen atoms in total. The molecule has 1 saturated heterocycles. The molecule has 122 valence electrons. The van der Waals surface area contributed by atoms with Crippen molar-refractivity contribution in [2.75, 3.05) is 19.3 Å². The molecule has 0 aromatic heterocycles. The number of hydrogen-bond donors (Lipinski definition) is 5. The van der Waals surface area contributed by atoms with E-state index < -0.39 is 16.1 Å². The number of benzene rings is 1. The van der Waals surface area contributed by atoms with Gasteiger partial charge in [-0.15, -0.1) is 0 Å². The van der Waals surface area contributed by atoms with Crippen molar-refractivity contribution in [1.29, 1.82) is 0 Å². The number of phenols is 1. The van der Waals surface area contributed by atoms with Gasteiger partial charge in [-0.25, -0.2) is 24.0 Å². The second-order valence-electron chi connectivity index (χ2n) is 5.00. The largest absolute Gasteiger partial charge is 0.508 e. The molecule has 1 heterocycles. The Bertz CT molecular complexity index is 635. The molecule has 0 aliphatic carbocycles. The van der Waals surface area contributed by atoms with Crippen molar-refractivity contribution in [2.24, 2.45) is 0 Å². The van der Waals surface area contributed by atoms with Crippen LogP contribution in [0.25, 0.3) is 0 Å². The quantitative estimate of drug-likeness (QED) is 0.455. The summed E-state index contributed by atoms with van der Waals surface area (Å²) in [6.45, 7) is 0.0431. The van der Waals surface area contributed by atoms with Gasteiger partial charge in [0.25, 0.3) is 0 Å². The first kappa shape index (κ1) is 16.7. The fourth-order valence-corrected chi connectivity index (χ4v) is 2.82. The lowest BCUT2D eigenvalue weighted by Crippen LogP contribution is -2.44. The predicted octanol–water partition coefficient (Wildman–Crippen LogP) is -1.03. The Hall–Kier alpha value is -1.68. The van der Waals surface area contributed by atoms with Crippen LogP contribution in [0.4, 0.5) is 0 Å². The Morgan fingerprint density at radius 2 is 2.09 bits per heavy atom. The molecule has 1 aromatic carbocycles. The molecular weight excluding hydrogens is 308 g/mol. The Morgan fingerprint density at radius 1 is 1.36 bits per heavy atom. The molecule has 2 rings (SSSR count). The van der Waals surface area contributed by atoms with Crippen LogP contribution in [-0.4, -0.2) is 44.8 Å². The van der Waals surface area contributed by atoms with Gasteiger partial charge in [-0.2, -0.15) is 0 Å². The molecule has 2 unspecified atom stereocenters. The number of phenolic OH excluding ortho intramolecular Hbond substituents is 1. The summed E-state index contributed by atoms with van der Waals surface area (Å²) in [5, 5.41) is 12.4. The summed E-state index contributed by atoms with van der Waals surface area (Å²) < 4.78 is 24.7. The molecule has 0 radical (unpaired) electrons. The number of carbonyl (C=O) groups excluding carboxylic acids is 1. The van der Waals surface area contributed by atoms with Gasteiger partial charge in [0, 0.05) is 12.1 Å². The van der Waals surface area contributed by atoms with E-state index in [0.717, 1.165) is 0 Å². The van der Waals surface area contributed by atoms with Crippen LogP contribution >= 0.6 is 0 Å². The number of sulfonamides is 1. The number of hydrazine groups is 1. The van der Waals surface area contributed by atoms with E-state index in [2.05, 4.69) is 20.9 Å². The van der Waals surface area contributed by atoms with Crippen molar-refractivity contribution < 1.29 is 18.3 Å². The number of amides is 1. The van der Waals surface area contributed by atoms with Crippen molar-refractivity contribution in [1.82, 2.24) is 20.9 Å². The number of nitrogens with one attached hydrogen (secondary N) is 4. The number of aromatic hydroxyl groups is 1. The van der Waals surface area contributed by atoms with Gasteiger partial charge in [-0.3, -0.25) is 4.79 Å². The zero-order valence-electron chi connectivity index (χ0n) is 12.2. The van der Waals surface area contributed by atoms with E-state index in [-0.39, 0.29) is 30.0 Å². The van der Waals surface area contributed by atoms with Crippen LogP contribution < -0.4 is 20.9 Å². The molecule has 9 heteroatoms. The highest BCUT2D eigenvalue weighted by Crippen LogP contribution is 2.28. The SMILES string of the molecule is CNS(=O)(=O)CCNC(=O)C1CC(c2ccccc2O)NN1. The highest BCUT2D eigenvalue weighted by atomic mass is 32.2. The minimum atomic E-state index is -3.33. The second kappa shape index (κ2) is 7.05. The third-order valence-corrected chi connectivity index (χ3v) is 4.88. The van der Waals surface area contributed by atoms with Gasteiger partial charge in [0.1, 0.15) is 11.8 Å². The molecule has 22 heavy (non-hydrogen) atoms. The van der Waals surface area contributed by atoms with Gasteiger partial charge in [-0.05, 0) is 19.5 Å². The zero-order chi connectivity index (χ0) is 16.2. The average Bonchev–Trinajstić information content (AvgIpc) is 2.97. The lowest BCUT2D eigenvalue weighted by atomic mass is 10.0. The van der Waals surface area contributed by atoms with Crippen LogP contribution in [0, 0.1) is 0 Å². The fraction of sp³-hybridized carbons (Fsp3) is 0.462. The fourth-order valence-electron chi connectivity index (χ4n) is 2.25. The Morgan fingerprint density at radius 3 is 2.77 bits per heavy atom. The van der Waals surface area contributed by atoms with Gasteiger partial charge < -0.3 is 10.4 Å². The van der Waals surface area contributed by atoms with Crippen molar-refractivity contribution >= 4 is 15.9 Å². The van der Waals surface area contributed by atoms with Crippen LogP contribution in [0.15, 0.2) is 24.3 Å². The maximum absolute atomic E-state index is 12.0. The first-order valence-electron chi connectivity index (χ1n) is 6.91. The van der Waals surface area contributed by atoms with E-state index in [0.29, 0.717) is 12.0 Å². The Kier molecular flexibility index (Phi) is 5.35. The van der Waals surface area contributed by atoms with Gasteiger partial charge in [0.15, 0.2) is 0 Å². The van der Waals surface area contributed by atoms with E-state index >= 15 is 0 Å². The molecule has 5 N–H and O–H groups in total. The van der Waals surface area contributed by atoms with Crippen LogP contribution in [0.5, 0.6) is 5.75 Å². The normalized spacial score (nSPS) is 21.7. The minimum absolute atomic E-state index is 0.0431. The monoisotopic (exact) mass is 328 g/mol. The van der Waals surface area contributed by atoms with Gasteiger partial charge >= 0.3 is 0 Å². The van der Waals surface area contributed by atoms with Crippen molar-refractivity contribution in [3.05, 3.63) is 29.8 Å². The highest BCUT2D eigenvalue weighted by molar-refractivity contribution is 7.89. The summed E-state index contributed by atoms with van der Waals surface area (Å²) in [6.07, 6.45) is 0.461. The van der Waals surface area contributed by atoms with Crippen LogP contribution in [0.1, 0.15) is 18.0 Å². The first-order valence-corrected chi connectivity index (χ1v) is 8.56. The first-order chi connectivity index (χ1) is 10.4. The average molecular weight is 328 g/mol. The van der Waals surface area contributed by atoms with Gasteiger partial charge in [0.05, 0.1) is 11.8 Å². The van der Waals surface area contributed by atoms with E-state index in [4.69, 9.17) is 0 Å². The molecule has 0 bridgehead atoms. The maximum atomic E-state index is 12.0. The van der Waals surface area contributed by atoms with E-state index in [1.54, 1.807) is 18.2 Å². The molecule has 1 aromatic rings. The lowest BCUT2D eigenvalue weighted by molar-refractivity contribution is -0.122. The van der Waals surface area contributed by atoms with Gasteiger partial charge in [-0.1, -0.05) is 18.2 Å². The molecule has 1 amide bonds. The lowest BCUT2D eigenvalue weighted by Gasteiger charge is -2.11. The number of para-hydroxylation sites is 1. The molecular formula is C13H20N4O4S. The smallest absolute Gasteiger partial charge is 0.238 e. The van der Waals surface area contributed by atoms with Crippen molar-refractivity contribution in [3.8, 4) is 5.75 Å². The van der Waals surface area contributed by atoms with Crippen LogP contribution in [-0.2, 0) is 14.8 Å². The summed E-state index contributed by atoms with van der Waals surface area (Å²) in [5.74, 6) is -0.280. The molecule has 2 atom stereocenters. The van der Waals surface area contributed by atoms with Gasteiger partial charge in [0.2, 0.25) is 15.9 Å². The summed E-state index contributed by atoms with van der Waals surface area (Å²) in [6, 6.07) is 6.25. The summed E-state index contributed by atoms with van der Waals surface area (Å²) in [5.41, 5.74) is 6.53. The second-order valence-corrected chi connectivity index (χ2v) is 7.05. The molecule has 1 aliphatic rings. The highest BCUT2D eigenvalue weighted by Gasteiger charge is 2.31. The molecule has 1 aliphatic heterocycles. The minimum Gasteiger partial charge on any atom is -0.508 e. The van der Waals surface area contributed by atoms with Crippen molar-refractivity contribution in [3.63, 3.8) is 0 Å². The number of rotatable bonds is 6. The topological polar surface area (TPSA) is 120 Å². The van der Waals surface area contributed by atoms with E-state index in [1.165, 1.54) is 7.05 Å². The third kappa shape index (κ3) is 4.17. The summed E-state index contributed by atoms with van der Waals surface area (Å²) >= 11 is 0. The number of hydrogen-bond acceptors (Lipinski definition) is 6. The third-order valence-electron chi connectivity index (χ3n) is 3.51. The summed E-state index contributed by atoms with van der Waals surface area (Å²) in [7, 11) is -2.00. The van der Waals surface area contributed by atoms with E-state index in [9.17, 15) is 18.3 Å². The Labute approximate surface area is 129 Å². The van der Waals surface area contributed by atoms with E-state index in [1.807, 2.05) is 6.07 Å². The Balaban J connectivity index is 1.85. The zero-order valence-corrected chi connectivity index (χ0v) is 13.0. The molecule has 0 spiro atoms. The summed E-state index contributed by atoms with van der Waals surface area (Å²) in [4.78, 5) is 12.0. The maximum Gasteiger partial charge on any atom is 0.238 e.